The van der Waals surface area contributed by atoms with E-state index in [1.165, 1.54) is 64.1 Å². The highest BCUT2D eigenvalue weighted by Crippen LogP contribution is 2.25. The number of hydrogen-bond acceptors (Lipinski definition) is 3. The minimum atomic E-state index is 0.725. The number of hydrogen-bond donors (Lipinski definition) is 1. The first-order valence-corrected chi connectivity index (χ1v) is 8.50. The van der Waals surface area contributed by atoms with Crippen LogP contribution in [0, 0.1) is 5.92 Å². The summed E-state index contributed by atoms with van der Waals surface area (Å²) in [6, 6.07) is 11.8. The second-order valence-electron chi connectivity index (χ2n) is 6.68. The van der Waals surface area contributed by atoms with Gasteiger partial charge < -0.3 is 10.2 Å². The van der Waals surface area contributed by atoms with Gasteiger partial charge in [-0.3, -0.25) is 4.90 Å². The standard InChI is InChI=1S/C18H29N3/c1-20-11-13-21(14-12-20)18(17-7-9-19-10-8-17)15-16-5-3-2-4-6-16/h2-6,17-19H,7-15H2,1H3. The number of rotatable bonds is 4. The summed E-state index contributed by atoms with van der Waals surface area (Å²) in [6.07, 6.45) is 3.89. The molecule has 3 rings (SSSR count). The van der Waals surface area contributed by atoms with Gasteiger partial charge in [0.2, 0.25) is 0 Å². The predicted octanol–water partition coefficient (Wildman–Crippen LogP) is 1.84. The molecule has 0 saturated carbocycles. The Kier molecular flexibility index (Phi) is 5.28. The summed E-state index contributed by atoms with van der Waals surface area (Å²) in [7, 11) is 2.24. The summed E-state index contributed by atoms with van der Waals surface area (Å²) in [5.41, 5.74) is 1.50. The largest absolute Gasteiger partial charge is 0.317 e. The average Bonchev–Trinajstić information content (AvgIpc) is 2.55. The monoisotopic (exact) mass is 287 g/mol. The number of piperazine rings is 1. The smallest absolute Gasteiger partial charge is 0.0166 e. The van der Waals surface area contributed by atoms with E-state index >= 15 is 0 Å². The van der Waals surface area contributed by atoms with Crippen molar-refractivity contribution in [1.82, 2.24) is 15.1 Å². The molecule has 0 aromatic heterocycles. The van der Waals surface area contributed by atoms with Crippen LogP contribution < -0.4 is 5.32 Å². The summed E-state index contributed by atoms with van der Waals surface area (Å²) in [5, 5.41) is 3.52. The second kappa shape index (κ2) is 7.39. The highest BCUT2D eigenvalue weighted by molar-refractivity contribution is 5.16. The van der Waals surface area contributed by atoms with Gasteiger partial charge in [-0.1, -0.05) is 30.3 Å². The van der Waals surface area contributed by atoms with E-state index in [1.54, 1.807) is 0 Å². The fourth-order valence-electron chi connectivity index (χ4n) is 3.83. The van der Waals surface area contributed by atoms with Gasteiger partial charge in [0.15, 0.2) is 0 Å². The Morgan fingerprint density at radius 1 is 1.05 bits per heavy atom. The Morgan fingerprint density at radius 2 is 1.71 bits per heavy atom. The molecule has 1 N–H and O–H groups in total. The van der Waals surface area contributed by atoms with Crippen molar-refractivity contribution in [1.29, 1.82) is 0 Å². The lowest BCUT2D eigenvalue weighted by molar-refractivity contribution is 0.0697. The molecule has 21 heavy (non-hydrogen) atoms. The van der Waals surface area contributed by atoms with E-state index in [0.717, 1.165) is 12.0 Å². The third-order valence-corrected chi connectivity index (χ3v) is 5.22. The molecule has 2 saturated heterocycles. The van der Waals surface area contributed by atoms with Gasteiger partial charge in [-0.25, -0.2) is 0 Å². The maximum absolute atomic E-state index is 3.52. The average molecular weight is 287 g/mol. The van der Waals surface area contributed by atoms with Crippen LogP contribution in [-0.4, -0.2) is 62.2 Å². The molecule has 1 aromatic carbocycles. The van der Waals surface area contributed by atoms with Crippen molar-refractivity contribution in [3.8, 4) is 0 Å². The first kappa shape index (κ1) is 15.0. The van der Waals surface area contributed by atoms with E-state index in [4.69, 9.17) is 0 Å². The zero-order chi connectivity index (χ0) is 14.5. The maximum atomic E-state index is 3.52. The van der Waals surface area contributed by atoms with Crippen LogP contribution in [0.5, 0.6) is 0 Å². The molecule has 116 valence electrons. The van der Waals surface area contributed by atoms with Crippen LogP contribution in [0.15, 0.2) is 30.3 Å². The van der Waals surface area contributed by atoms with Gasteiger partial charge in [0.25, 0.3) is 0 Å². The molecular weight excluding hydrogens is 258 g/mol. The molecule has 0 radical (unpaired) electrons. The van der Waals surface area contributed by atoms with E-state index in [1.807, 2.05) is 0 Å². The molecule has 0 aliphatic carbocycles. The maximum Gasteiger partial charge on any atom is 0.0166 e. The first-order valence-electron chi connectivity index (χ1n) is 8.50. The van der Waals surface area contributed by atoms with Crippen LogP contribution in [0.4, 0.5) is 0 Å². The summed E-state index contributed by atoms with van der Waals surface area (Å²) in [5.74, 6) is 0.856. The SMILES string of the molecule is CN1CCN(C(Cc2ccccc2)C2CCNCC2)CC1. The Hall–Kier alpha value is -0.900. The Balaban J connectivity index is 1.70. The number of benzene rings is 1. The summed E-state index contributed by atoms with van der Waals surface area (Å²) < 4.78 is 0. The number of likely N-dealkylation sites (N-methyl/N-ethyl adjacent to an activating group) is 1. The van der Waals surface area contributed by atoms with Gasteiger partial charge >= 0.3 is 0 Å². The van der Waals surface area contributed by atoms with Gasteiger partial charge in [0, 0.05) is 32.2 Å². The molecular formula is C18H29N3. The van der Waals surface area contributed by atoms with Gasteiger partial charge in [-0.2, -0.15) is 0 Å². The summed E-state index contributed by atoms with van der Waals surface area (Å²) in [6.45, 7) is 7.30. The molecule has 1 unspecified atom stereocenters. The normalized spacial score (nSPS) is 24.0. The predicted molar refractivity (Wildman–Crippen MR) is 88.6 cm³/mol. The molecule has 2 fully saturated rings. The molecule has 3 heteroatoms. The molecule has 0 amide bonds. The molecule has 0 spiro atoms. The lowest BCUT2D eigenvalue weighted by Crippen LogP contribution is -2.53. The van der Waals surface area contributed by atoms with Crippen molar-refractivity contribution in [2.75, 3.05) is 46.3 Å². The molecule has 3 nitrogen and oxygen atoms in total. The molecule has 1 aromatic rings. The van der Waals surface area contributed by atoms with Gasteiger partial charge in [-0.15, -0.1) is 0 Å². The molecule has 2 heterocycles. The molecule has 0 bridgehead atoms. The van der Waals surface area contributed by atoms with Crippen LogP contribution in [-0.2, 0) is 6.42 Å². The van der Waals surface area contributed by atoms with Crippen LogP contribution >= 0.6 is 0 Å². The number of piperidine rings is 1. The zero-order valence-electron chi connectivity index (χ0n) is 13.3. The molecule has 2 aliphatic heterocycles. The zero-order valence-corrected chi connectivity index (χ0v) is 13.3. The van der Waals surface area contributed by atoms with Crippen LogP contribution in [0.25, 0.3) is 0 Å². The number of nitrogens with one attached hydrogen (secondary N) is 1. The van der Waals surface area contributed by atoms with E-state index in [9.17, 15) is 0 Å². The summed E-state index contributed by atoms with van der Waals surface area (Å²) >= 11 is 0. The first-order chi connectivity index (χ1) is 10.3. The van der Waals surface area contributed by atoms with E-state index < -0.39 is 0 Å². The van der Waals surface area contributed by atoms with Crippen molar-refractivity contribution >= 4 is 0 Å². The fourth-order valence-corrected chi connectivity index (χ4v) is 3.83. The topological polar surface area (TPSA) is 18.5 Å². The van der Waals surface area contributed by atoms with Gasteiger partial charge in [-0.05, 0) is 50.9 Å². The lowest BCUT2D eigenvalue weighted by Gasteiger charge is -2.43. The van der Waals surface area contributed by atoms with Gasteiger partial charge in [0.05, 0.1) is 0 Å². The third-order valence-electron chi connectivity index (χ3n) is 5.22. The minimum Gasteiger partial charge on any atom is -0.317 e. The van der Waals surface area contributed by atoms with E-state index in [2.05, 4.69) is 52.5 Å². The Labute approximate surface area is 129 Å². The molecule has 2 aliphatic rings. The highest BCUT2D eigenvalue weighted by Gasteiger charge is 2.30. The highest BCUT2D eigenvalue weighted by atomic mass is 15.3. The minimum absolute atomic E-state index is 0.725. The van der Waals surface area contributed by atoms with Crippen molar-refractivity contribution < 1.29 is 0 Å². The lowest BCUT2D eigenvalue weighted by atomic mass is 9.85. The third kappa shape index (κ3) is 4.06. The Morgan fingerprint density at radius 3 is 2.38 bits per heavy atom. The van der Waals surface area contributed by atoms with Gasteiger partial charge in [0.1, 0.15) is 0 Å². The number of nitrogens with zero attached hydrogens (tertiary/aromatic N) is 2. The van der Waals surface area contributed by atoms with Crippen LogP contribution in [0.3, 0.4) is 0 Å². The quantitative estimate of drug-likeness (QED) is 0.912. The Bertz CT molecular complexity index is 406. The van der Waals surface area contributed by atoms with Crippen molar-refractivity contribution in [2.24, 2.45) is 5.92 Å². The second-order valence-corrected chi connectivity index (χ2v) is 6.68. The fraction of sp³-hybridized carbons (Fsp3) is 0.667. The van der Waals surface area contributed by atoms with Crippen molar-refractivity contribution in [2.45, 2.75) is 25.3 Å². The molecule has 1 atom stereocenters. The van der Waals surface area contributed by atoms with E-state index in [-0.39, 0.29) is 0 Å². The van der Waals surface area contributed by atoms with Crippen molar-refractivity contribution in [3.63, 3.8) is 0 Å². The van der Waals surface area contributed by atoms with Crippen molar-refractivity contribution in [3.05, 3.63) is 35.9 Å². The summed E-state index contributed by atoms with van der Waals surface area (Å²) in [4.78, 5) is 5.22. The van der Waals surface area contributed by atoms with Crippen LogP contribution in [0.1, 0.15) is 18.4 Å². The van der Waals surface area contributed by atoms with Crippen LogP contribution in [0.2, 0.25) is 0 Å². The van der Waals surface area contributed by atoms with E-state index in [0.29, 0.717) is 0 Å².